The van der Waals surface area contributed by atoms with Gasteiger partial charge < -0.3 is 20.3 Å². The molecular weight excluding hydrogens is 306 g/mol. The normalized spacial score (nSPS) is 10.1. The third-order valence-corrected chi connectivity index (χ3v) is 3.27. The van der Waals surface area contributed by atoms with E-state index in [0.717, 1.165) is 11.3 Å². The predicted octanol–water partition coefficient (Wildman–Crippen LogP) is 1.46. The van der Waals surface area contributed by atoms with E-state index >= 15 is 0 Å². The Morgan fingerprint density at radius 3 is 2.83 bits per heavy atom. The van der Waals surface area contributed by atoms with Crippen LogP contribution in [-0.2, 0) is 4.79 Å². The summed E-state index contributed by atoms with van der Waals surface area (Å²) in [7, 11) is 3.88. The average Bonchev–Trinajstić information content (AvgIpc) is 2.57. The van der Waals surface area contributed by atoms with Crippen molar-refractivity contribution in [2.75, 3.05) is 44.0 Å². The summed E-state index contributed by atoms with van der Waals surface area (Å²) in [6, 6.07) is 9.50. The van der Waals surface area contributed by atoms with E-state index < -0.39 is 0 Å². The van der Waals surface area contributed by atoms with Crippen LogP contribution < -0.4 is 20.3 Å². The van der Waals surface area contributed by atoms with Gasteiger partial charge in [0.25, 0.3) is 5.91 Å². The number of hydrogen-bond acceptors (Lipinski definition) is 6. The molecule has 2 aromatic rings. The molecule has 0 saturated heterocycles. The van der Waals surface area contributed by atoms with E-state index in [2.05, 4.69) is 20.8 Å². The molecule has 0 aliphatic rings. The number of nitrogens with zero attached hydrogens (tertiary/aromatic N) is 3. The molecule has 1 heterocycles. The molecule has 7 heteroatoms. The van der Waals surface area contributed by atoms with E-state index in [1.165, 1.54) is 0 Å². The van der Waals surface area contributed by atoms with Crippen LogP contribution in [0.2, 0.25) is 0 Å². The number of carbonyl (C=O) groups is 1. The number of amides is 1. The summed E-state index contributed by atoms with van der Waals surface area (Å²) in [6.45, 7) is 3.01. The lowest BCUT2D eigenvalue weighted by Gasteiger charge is -2.13. The van der Waals surface area contributed by atoms with Crippen LogP contribution in [0.1, 0.15) is 5.56 Å². The highest BCUT2D eigenvalue weighted by Crippen LogP contribution is 2.12. The summed E-state index contributed by atoms with van der Waals surface area (Å²) in [4.78, 5) is 13.7. The molecule has 0 saturated carbocycles. The van der Waals surface area contributed by atoms with E-state index in [-0.39, 0.29) is 12.5 Å². The molecule has 128 valence electrons. The van der Waals surface area contributed by atoms with Crippen LogP contribution in [0, 0.1) is 6.92 Å². The molecule has 1 aromatic carbocycles. The third-order valence-electron chi connectivity index (χ3n) is 3.27. The third kappa shape index (κ3) is 5.75. The summed E-state index contributed by atoms with van der Waals surface area (Å²) in [5, 5.41) is 13.8. The Labute approximate surface area is 142 Å². The fraction of sp³-hybridized carbons (Fsp3) is 0.353. The van der Waals surface area contributed by atoms with Crippen LogP contribution in [0.25, 0.3) is 0 Å². The van der Waals surface area contributed by atoms with Gasteiger partial charge in [0.05, 0.1) is 11.9 Å². The second-order valence-corrected chi connectivity index (χ2v) is 5.58. The van der Waals surface area contributed by atoms with E-state index in [0.29, 0.717) is 24.7 Å². The molecule has 0 spiro atoms. The number of hydrogen-bond donors (Lipinski definition) is 2. The van der Waals surface area contributed by atoms with Gasteiger partial charge in [-0.05, 0) is 24.6 Å². The summed E-state index contributed by atoms with van der Waals surface area (Å²) >= 11 is 0. The van der Waals surface area contributed by atoms with E-state index in [1.807, 2.05) is 56.3 Å². The van der Waals surface area contributed by atoms with Crippen molar-refractivity contribution in [1.29, 1.82) is 0 Å². The fourth-order valence-electron chi connectivity index (χ4n) is 1.98. The van der Waals surface area contributed by atoms with Crippen molar-refractivity contribution in [3.63, 3.8) is 0 Å². The van der Waals surface area contributed by atoms with Gasteiger partial charge in [-0.25, -0.2) is 0 Å². The Morgan fingerprint density at radius 1 is 1.25 bits per heavy atom. The Balaban J connectivity index is 1.66. The summed E-state index contributed by atoms with van der Waals surface area (Å²) < 4.78 is 5.45. The van der Waals surface area contributed by atoms with Gasteiger partial charge in [-0.2, -0.15) is 5.10 Å². The van der Waals surface area contributed by atoms with Crippen LogP contribution in [0.3, 0.4) is 0 Å². The monoisotopic (exact) mass is 329 g/mol. The van der Waals surface area contributed by atoms with Gasteiger partial charge in [0, 0.05) is 33.3 Å². The molecule has 0 radical (unpaired) electrons. The molecule has 0 aliphatic carbocycles. The number of carbonyl (C=O) groups excluding carboxylic acids is 1. The highest BCUT2D eigenvalue weighted by atomic mass is 16.5. The van der Waals surface area contributed by atoms with Crippen molar-refractivity contribution in [2.24, 2.45) is 0 Å². The van der Waals surface area contributed by atoms with Gasteiger partial charge >= 0.3 is 0 Å². The average molecular weight is 329 g/mol. The Morgan fingerprint density at radius 2 is 2.08 bits per heavy atom. The highest BCUT2D eigenvalue weighted by Gasteiger charge is 2.03. The smallest absolute Gasteiger partial charge is 0.258 e. The number of rotatable bonds is 8. The zero-order valence-corrected chi connectivity index (χ0v) is 14.2. The Bertz CT molecular complexity index is 676. The number of aryl methyl sites for hydroxylation is 1. The molecule has 0 aliphatic heterocycles. The van der Waals surface area contributed by atoms with Crippen LogP contribution in [0.5, 0.6) is 5.75 Å². The number of aromatic nitrogens is 2. The van der Waals surface area contributed by atoms with Crippen LogP contribution in [0.4, 0.5) is 11.5 Å². The van der Waals surface area contributed by atoms with Gasteiger partial charge in [0.2, 0.25) is 0 Å². The summed E-state index contributed by atoms with van der Waals surface area (Å²) in [5.41, 5.74) is 2.06. The number of nitrogens with one attached hydrogen (secondary N) is 2. The topological polar surface area (TPSA) is 79.4 Å². The molecule has 0 bridgehead atoms. The van der Waals surface area contributed by atoms with Crippen LogP contribution in [0.15, 0.2) is 36.5 Å². The molecule has 1 aromatic heterocycles. The standard InChI is InChI=1S/C17H23N5O2/c1-13-5-4-6-15(9-13)24-12-17(23)19-8-7-18-16-10-14(22(2)3)11-20-21-16/h4-6,9-11H,7-8,12H2,1-3H3,(H,18,21)(H,19,23). The highest BCUT2D eigenvalue weighted by molar-refractivity contribution is 5.77. The van der Waals surface area contributed by atoms with Crippen molar-refractivity contribution in [2.45, 2.75) is 6.92 Å². The molecule has 7 nitrogen and oxygen atoms in total. The molecule has 0 unspecified atom stereocenters. The molecule has 2 N–H and O–H groups in total. The van der Waals surface area contributed by atoms with Gasteiger partial charge in [0.1, 0.15) is 5.75 Å². The SMILES string of the molecule is Cc1cccc(OCC(=O)NCCNc2cc(N(C)C)cnn2)c1. The van der Waals surface area contributed by atoms with Gasteiger partial charge in [-0.1, -0.05) is 12.1 Å². The first-order valence-electron chi connectivity index (χ1n) is 7.74. The molecule has 2 rings (SSSR count). The molecule has 1 amide bonds. The molecular formula is C17H23N5O2. The predicted molar refractivity (Wildman–Crippen MR) is 94.5 cm³/mol. The molecule has 24 heavy (non-hydrogen) atoms. The lowest BCUT2D eigenvalue weighted by Crippen LogP contribution is -2.32. The second-order valence-electron chi connectivity index (χ2n) is 5.58. The lowest BCUT2D eigenvalue weighted by atomic mass is 10.2. The van der Waals surface area contributed by atoms with Crippen molar-refractivity contribution in [1.82, 2.24) is 15.5 Å². The first kappa shape index (κ1) is 17.5. The molecule has 0 atom stereocenters. The zero-order chi connectivity index (χ0) is 17.4. The van der Waals surface area contributed by atoms with Crippen LogP contribution in [-0.4, -0.2) is 49.9 Å². The zero-order valence-electron chi connectivity index (χ0n) is 14.2. The first-order valence-corrected chi connectivity index (χ1v) is 7.74. The Kier molecular flexibility index (Phi) is 6.36. The second kappa shape index (κ2) is 8.71. The minimum atomic E-state index is -0.161. The van der Waals surface area contributed by atoms with Crippen molar-refractivity contribution >= 4 is 17.4 Å². The minimum absolute atomic E-state index is 0.000622. The van der Waals surface area contributed by atoms with Crippen molar-refractivity contribution < 1.29 is 9.53 Å². The summed E-state index contributed by atoms with van der Waals surface area (Å²) in [5.74, 6) is 1.21. The van der Waals surface area contributed by atoms with Crippen LogP contribution >= 0.6 is 0 Å². The largest absolute Gasteiger partial charge is 0.484 e. The van der Waals surface area contributed by atoms with Gasteiger partial charge in [-0.15, -0.1) is 5.10 Å². The van der Waals surface area contributed by atoms with E-state index in [4.69, 9.17) is 4.74 Å². The Hall–Kier alpha value is -2.83. The quantitative estimate of drug-likeness (QED) is 0.714. The fourth-order valence-corrected chi connectivity index (χ4v) is 1.98. The number of ether oxygens (including phenoxy) is 1. The van der Waals surface area contributed by atoms with Crippen molar-refractivity contribution in [3.8, 4) is 5.75 Å². The maximum atomic E-state index is 11.8. The van der Waals surface area contributed by atoms with E-state index in [9.17, 15) is 4.79 Å². The van der Waals surface area contributed by atoms with Gasteiger partial charge in [0.15, 0.2) is 12.4 Å². The minimum Gasteiger partial charge on any atom is -0.484 e. The maximum Gasteiger partial charge on any atom is 0.258 e. The van der Waals surface area contributed by atoms with E-state index in [1.54, 1.807) is 6.20 Å². The lowest BCUT2D eigenvalue weighted by molar-refractivity contribution is -0.123. The maximum absolute atomic E-state index is 11.8. The molecule has 0 fully saturated rings. The number of benzene rings is 1. The first-order chi connectivity index (χ1) is 11.5. The number of anilines is 2. The van der Waals surface area contributed by atoms with Crippen molar-refractivity contribution in [3.05, 3.63) is 42.1 Å². The summed E-state index contributed by atoms with van der Waals surface area (Å²) in [6.07, 6.45) is 1.69. The van der Waals surface area contributed by atoms with Gasteiger partial charge in [-0.3, -0.25) is 4.79 Å².